The second-order valence-corrected chi connectivity index (χ2v) is 5.43. The van der Waals surface area contributed by atoms with E-state index < -0.39 is 0 Å². The normalized spacial score (nSPS) is 14.8. The molecule has 1 N–H and O–H groups in total. The van der Waals surface area contributed by atoms with Crippen molar-refractivity contribution in [1.29, 1.82) is 0 Å². The molecule has 0 bridgehead atoms. The van der Waals surface area contributed by atoms with Gasteiger partial charge >= 0.3 is 0 Å². The number of anilines is 1. The van der Waals surface area contributed by atoms with Gasteiger partial charge in [0.15, 0.2) is 0 Å². The van der Waals surface area contributed by atoms with Crippen LogP contribution in [0.3, 0.4) is 0 Å². The molecule has 0 saturated heterocycles. The molecule has 1 fully saturated rings. The van der Waals surface area contributed by atoms with Crippen molar-refractivity contribution in [2.24, 2.45) is 0 Å². The smallest absolute Gasteiger partial charge is 0.261 e. The largest absolute Gasteiger partial charge is 0.297 e. The molecule has 0 atom stereocenters. The van der Waals surface area contributed by atoms with Gasteiger partial charge in [-0.2, -0.15) is 5.10 Å². The van der Waals surface area contributed by atoms with E-state index in [9.17, 15) is 4.79 Å². The van der Waals surface area contributed by atoms with Gasteiger partial charge in [-0.1, -0.05) is 0 Å². The standard InChI is InChI=1S/C13H18N6O/c1-8(2)19-9(3)11(6-15-19)12(20)16-13-17-14-7-18(13)10-4-5-10/h6-8,10H,4-5H2,1-3H3,(H,16,17,20). The topological polar surface area (TPSA) is 77.6 Å². The van der Waals surface area contributed by atoms with Gasteiger partial charge in [-0.25, -0.2) is 0 Å². The lowest BCUT2D eigenvalue weighted by molar-refractivity contribution is 0.102. The molecule has 3 rings (SSSR count). The molecule has 2 heterocycles. The Morgan fingerprint density at radius 2 is 2.20 bits per heavy atom. The summed E-state index contributed by atoms with van der Waals surface area (Å²) in [5.41, 5.74) is 1.43. The number of carbonyl (C=O) groups excluding carboxylic acids is 1. The highest BCUT2D eigenvalue weighted by atomic mass is 16.1. The minimum Gasteiger partial charge on any atom is -0.297 e. The number of nitrogens with zero attached hydrogens (tertiary/aromatic N) is 5. The maximum Gasteiger partial charge on any atom is 0.261 e. The van der Waals surface area contributed by atoms with Gasteiger partial charge in [0.2, 0.25) is 5.95 Å². The van der Waals surface area contributed by atoms with Crippen molar-refractivity contribution >= 4 is 11.9 Å². The molecule has 0 spiro atoms. The van der Waals surface area contributed by atoms with E-state index in [-0.39, 0.29) is 11.9 Å². The molecule has 0 aliphatic heterocycles. The van der Waals surface area contributed by atoms with Crippen molar-refractivity contribution in [1.82, 2.24) is 24.5 Å². The van der Waals surface area contributed by atoms with Crippen molar-refractivity contribution in [3.05, 3.63) is 23.8 Å². The summed E-state index contributed by atoms with van der Waals surface area (Å²) in [6.07, 6.45) is 5.50. The van der Waals surface area contributed by atoms with E-state index in [2.05, 4.69) is 20.6 Å². The second-order valence-electron chi connectivity index (χ2n) is 5.43. The first-order valence-electron chi connectivity index (χ1n) is 6.83. The summed E-state index contributed by atoms with van der Waals surface area (Å²) in [5.74, 6) is 0.318. The molecule has 106 valence electrons. The Morgan fingerprint density at radius 1 is 1.45 bits per heavy atom. The zero-order valence-corrected chi connectivity index (χ0v) is 11.9. The number of rotatable bonds is 4. The quantitative estimate of drug-likeness (QED) is 0.924. The molecule has 1 aliphatic carbocycles. The monoisotopic (exact) mass is 274 g/mol. The summed E-state index contributed by atoms with van der Waals surface area (Å²) in [6.45, 7) is 5.96. The van der Waals surface area contributed by atoms with Crippen molar-refractivity contribution in [2.75, 3.05) is 5.32 Å². The van der Waals surface area contributed by atoms with Crippen LogP contribution in [-0.4, -0.2) is 30.5 Å². The second kappa shape index (κ2) is 4.73. The van der Waals surface area contributed by atoms with Gasteiger partial charge < -0.3 is 0 Å². The first-order chi connectivity index (χ1) is 9.58. The third-order valence-electron chi connectivity index (χ3n) is 3.52. The Labute approximate surface area is 117 Å². The molecule has 1 aliphatic rings. The number of amides is 1. The van der Waals surface area contributed by atoms with E-state index in [1.807, 2.05) is 30.0 Å². The van der Waals surface area contributed by atoms with Crippen LogP contribution in [0.15, 0.2) is 12.5 Å². The summed E-state index contributed by atoms with van der Waals surface area (Å²) < 4.78 is 3.75. The van der Waals surface area contributed by atoms with Crippen LogP contribution in [0.4, 0.5) is 5.95 Å². The van der Waals surface area contributed by atoms with Gasteiger partial charge in [-0.15, -0.1) is 10.2 Å². The van der Waals surface area contributed by atoms with Gasteiger partial charge in [-0.3, -0.25) is 19.4 Å². The van der Waals surface area contributed by atoms with E-state index in [4.69, 9.17) is 0 Å². The predicted octanol–water partition coefficient (Wildman–Crippen LogP) is 1.95. The van der Waals surface area contributed by atoms with Crippen molar-refractivity contribution in [3.8, 4) is 0 Å². The van der Waals surface area contributed by atoms with E-state index >= 15 is 0 Å². The van der Waals surface area contributed by atoms with E-state index in [0.29, 0.717) is 17.6 Å². The van der Waals surface area contributed by atoms with Gasteiger partial charge in [-0.05, 0) is 33.6 Å². The maximum absolute atomic E-state index is 12.3. The maximum atomic E-state index is 12.3. The van der Waals surface area contributed by atoms with Gasteiger partial charge in [0.25, 0.3) is 5.91 Å². The van der Waals surface area contributed by atoms with Crippen LogP contribution >= 0.6 is 0 Å². The van der Waals surface area contributed by atoms with Crippen molar-refractivity contribution in [3.63, 3.8) is 0 Å². The Kier molecular flexibility index (Phi) is 3.04. The average Bonchev–Trinajstić information content (AvgIpc) is 3.01. The Hall–Kier alpha value is -2.18. The summed E-state index contributed by atoms with van der Waals surface area (Å²) in [5, 5.41) is 14.9. The molecular formula is C13H18N6O. The fourth-order valence-electron chi connectivity index (χ4n) is 2.29. The summed E-state index contributed by atoms with van der Waals surface area (Å²) in [7, 11) is 0. The average molecular weight is 274 g/mol. The van der Waals surface area contributed by atoms with Crippen LogP contribution in [-0.2, 0) is 0 Å². The Balaban J connectivity index is 1.81. The number of nitrogens with one attached hydrogen (secondary N) is 1. The fraction of sp³-hybridized carbons (Fsp3) is 0.538. The van der Waals surface area contributed by atoms with E-state index in [0.717, 1.165) is 18.5 Å². The molecule has 1 saturated carbocycles. The van der Waals surface area contributed by atoms with E-state index in [1.165, 1.54) is 0 Å². The number of hydrogen-bond acceptors (Lipinski definition) is 4. The lowest BCUT2D eigenvalue weighted by atomic mass is 10.2. The number of carbonyl (C=O) groups is 1. The molecule has 20 heavy (non-hydrogen) atoms. The Bertz CT molecular complexity index is 637. The summed E-state index contributed by atoms with van der Waals surface area (Å²) >= 11 is 0. The van der Waals surface area contributed by atoms with Gasteiger partial charge in [0, 0.05) is 17.8 Å². The molecule has 7 heteroatoms. The van der Waals surface area contributed by atoms with Crippen molar-refractivity contribution in [2.45, 2.75) is 45.7 Å². The number of hydrogen-bond donors (Lipinski definition) is 1. The Morgan fingerprint density at radius 3 is 2.80 bits per heavy atom. The van der Waals surface area contributed by atoms with Crippen LogP contribution < -0.4 is 5.32 Å². The van der Waals surface area contributed by atoms with Crippen LogP contribution in [0.1, 0.15) is 54.8 Å². The molecule has 0 aromatic carbocycles. The highest BCUT2D eigenvalue weighted by Crippen LogP contribution is 2.36. The van der Waals surface area contributed by atoms with Crippen molar-refractivity contribution < 1.29 is 4.79 Å². The highest BCUT2D eigenvalue weighted by Gasteiger charge is 2.27. The lowest BCUT2D eigenvalue weighted by Gasteiger charge is -2.09. The molecule has 2 aromatic heterocycles. The molecular weight excluding hydrogens is 256 g/mol. The molecule has 1 amide bonds. The summed E-state index contributed by atoms with van der Waals surface area (Å²) in [4.78, 5) is 12.3. The molecule has 7 nitrogen and oxygen atoms in total. The molecule has 0 radical (unpaired) electrons. The zero-order chi connectivity index (χ0) is 14.3. The number of aromatic nitrogens is 5. The van der Waals surface area contributed by atoms with Gasteiger partial charge in [0.1, 0.15) is 6.33 Å². The lowest BCUT2D eigenvalue weighted by Crippen LogP contribution is -2.17. The van der Waals surface area contributed by atoms with Crippen LogP contribution in [0.5, 0.6) is 0 Å². The van der Waals surface area contributed by atoms with E-state index in [1.54, 1.807) is 12.5 Å². The van der Waals surface area contributed by atoms with Gasteiger partial charge in [0.05, 0.1) is 11.8 Å². The molecule has 0 unspecified atom stereocenters. The van der Waals surface area contributed by atoms with Crippen LogP contribution in [0, 0.1) is 6.92 Å². The fourth-order valence-corrected chi connectivity index (χ4v) is 2.29. The SMILES string of the molecule is Cc1c(C(=O)Nc2nncn2C2CC2)cnn1C(C)C. The predicted molar refractivity (Wildman–Crippen MR) is 73.6 cm³/mol. The molecule has 2 aromatic rings. The van der Waals surface area contributed by atoms with Crippen LogP contribution in [0.25, 0.3) is 0 Å². The zero-order valence-electron chi connectivity index (χ0n) is 11.9. The first-order valence-corrected chi connectivity index (χ1v) is 6.83. The third kappa shape index (κ3) is 2.19. The van der Waals surface area contributed by atoms with Crippen LogP contribution in [0.2, 0.25) is 0 Å². The first kappa shape index (κ1) is 12.8. The minimum atomic E-state index is -0.190. The third-order valence-corrected chi connectivity index (χ3v) is 3.52. The summed E-state index contributed by atoms with van der Waals surface area (Å²) in [6, 6.07) is 0.659. The highest BCUT2D eigenvalue weighted by molar-refractivity contribution is 6.04. The minimum absolute atomic E-state index is 0.190.